The van der Waals surface area contributed by atoms with E-state index < -0.39 is 26.7 Å². The van der Waals surface area contributed by atoms with Crippen LogP contribution in [-0.2, 0) is 24.2 Å². The fraction of sp³-hybridized carbons (Fsp3) is 0. The van der Waals surface area contributed by atoms with Crippen molar-refractivity contribution < 1.29 is 43.8 Å². The molecule has 0 unspecified atom stereocenters. The van der Waals surface area contributed by atoms with Crippen LogP contribution in [0.5, 0.6) is 0 Å². The van der Waals surface area contributed by atoms with Crippen LogP contribution in [0.25, 0.3) is 0 Å². The number of rotatable bonds is 2. The molecule has 0 saturated carbocycles. The molecule has 0 radical (unpaired) electrons. The van der Waals surface area contributed by atoms with E-state index in [2.05, 4.69) is 5.03 Å². The molecule has 0 bridgehead atoms. The summed E-state index contributed by atoms with van der Waals surface area (Å²) in [6, 6.07) is 0. The summed E-state index contributed by atoms with van der Waals surface area (Å²) >= 11 is -3.67. The SMILES string of the molecule is [CH2]=[Tc]([P](=O)(O)O)[P](=O)(O)O. The van der Waals surface area contributed by atoms with E-state index >= 15 is 0 Å². The molecule has 0 aromatic rings. The van der Waals surface area contributed by atoms with Gasteiger partial charge in [0, 0.05) is 0 Å². The van der Waals surface area contributed by atoms with Crippen molar-refractivity contribution in [2.75, 3.05) is 0 Å². The van der Waals surface area contributed by atoms with Crippen LogP contribution in [0.15, 0.2) is 0 Å². The second-order valence-electron chi connectivity index (χ2n) is 1.26. The number of hydrogen-bond donors (Lipinski definition) is 4. The molecular weight excluding hydrogens is 268 g/mol. The summed E-state index contributed by atoms with van der Waals surface area (Å²) in [6.07, 6.45) is 0. The van der Waals surface area contributed by atoms with E-state index in [0.29, 0.717) is 0 Å². The molecule has 0 atom stereocenters. The molecule has 0 fully saturated rings. The summed E-state index contributed by atoms with van der Waals surface area (Å²) in [4.78, 5) is 33.0. The molecule has 0 aromatic carbocycles. The Hall–Kier alpha value is 0.819. The van der Waals surface area contributed by atoms with Gasteiger partial charge in [-0.05, 0) is 0 Å². The molecule has 9 heteroatoms. The predicted octanol–water partition coefficient (Wildman–Crippen LogP) is -0.778. The van der Waals surface area contributed by atoms with Crippen molar-refractivity contribution in [3.05, 3.63) is 0 Å². The van der Waals surface area contributed by atoms with Gasteiger partial charge in [-0.15, -0.1) is 0 Å². The van der Waals surface area contributed by atoms with Gasteiger partial charge in [-0.2, -0.15) is 0 Å². The molecule has 0 aromatic heterocycles. The number of hydrogen-bond acceptors (Lipinski definition) is 2. The third-order valence-electron chi connectivity index (χ3n) is 0.508. The van der Waals surface area contributed by atoms with E-state index in [0.717, 1.165) is 0 Å². The van der Waals surface area contributed by atoms with Crippen LogP contribution in [-0.4, -0.2) is 24.6 Å². The molecule has 0 aliphatic heterocycles. The topological polar surface area (TPSA) is 115 Å². The molecule has 6 nitrogen and oxygen atoms in total. The van der Waals surface area contributed by atoms with E-state index in [1.165, 1.54) is 0 Å². The Balaban J connectivity index is 4.75. The third-order valence-corrected chi connectivity index (χ3v) is 16.0. The minimum absolute atomic E-state index is 2.81. The second kappa shape index (κ2) is 3.05. The van der Waals surface area contributed by atoms with Gasteiger partial charge < -0.3 is 0 Å². The minimum atomic E-state index is -4.60. The Labute approximate surface area is 60.9 Å². The first-order chi connectivity index (χ1) is 4.15. The Kier molecular flexibility index (Phi) is 3.30. The molecule has 0 saturated heterocycles. The summed E-state index contributed by atoms with van der Waals surface area (Å²) in [5.74, 6) is -9.19. The molecule has 0 rings (SSSR count). The molecule has 0 aliphatic rings. The summed E-state index contributed by atoms with van der Waals surface area (Å²) in [6.45, 7) is 0. The third kappa shape index (κ3) is 3.28. The molecular formula is CH6O6P2Tc. The van der Waals surface area contributed by atoms with E-state index in [-0.39, 0.29) is 0 Å². The van der Waals surface area contributed by atoms with Crippen LogP contribution in [0.4, 0.5) is 0 Å². The first kappa shape index (κ1) is 10.8. The monoisotopic (exact) mass is 273 g/mol. The fourth-order valence-corrected chi connectivity index (χ4v) is 6.83. The standard InChI is InChI=1S/CH2.2HO3P.Tc/c;2*1-4(2)3;/h1H2;2*(H-,1,2,3);/q;;;-2/p+2. The van der Waals surface area contributed by atoms with Gasteiger partial charge in [-0.1, -0.05) is 0 Å². The molecule has 0 amide bonds. The van der Waals surface area contributed by atoms with E-state index in [1.54, 1.807) is 0 Å². The maximum atomic E-state index is 10.2. The summed E-state index contributed by atoms with van der Waals surface area (Å²) in [5, 5.41) is 2.81. The van der Waals surface area contributed by atoms with E-state index in [9.17, 15) is 9.13 Å². The van der Waals surface area contributed by atoms with Crippen LogP contribution in [0.2, 0.25) is 0 Å². The summed E-state index contributed by atoms with van der Waals surface area (Å²) < 4.78 is 20.4. The average Bonchev–Trinajstić information content (AvgIpc) is 1.59. The van der Waals surface area contributed by atoms with Crippen LogP contribution in [0.3, 0.4) is 0 Å². The fourth-order valence-electron chi connectivity index (χ4n) is 0.128. The van der Waals surface area contributed by atoms with Gasteiger partial charge in [0.2, 0.25) is 0 Å². The first-order valence-corrected chi connectivity index (χ1v) is 11.1. The van der Waals surface area contributed by atoms with Crippen molar-refractivity contribution >= 4 is 16.7 Å². The van der Waals surface area contributed by atoms with E-state index in [4.69, 9.17) is 19.6 Å². The summed E-state index contributed by atoms with van der Waals surface area (Å²) in [7, 11) is 0. The van der Waals surface area contributed by atoms with Gasteiger partial charge in [-0.25, -0.2) is 0 Å². The van der Waals surface area contributed by atoms with Crippen LogP contribution < -0.4 is 0 Å². The maximum absolute atomic E-state index is 10.2. The van der Waals surface area contributed by atoms with Crippen molar-refractivity contribution in [3.63, 3.8) is 0 Å². The zero-order valence-corrected chi connectivity index (χ0v) is 8.23. The van der Waals surface area contributed by atoms with Crippen molar-refractivity contribution in [2.24, 2.45) is 0 Å². The van der Waals surface area contributed by atoms with Crippen LogP contribution >= 0.6 is 11.7 Å². The van der Waals surface area contributed by atoms with Crippen LogP contribution in [0, 0.1) is 0 Å². The Morgan fingerprint density at radius 2 is 1.20 bits per heavy atom. The van der Waals surface area contributed by atoms with Gasteiger partial charge in [0.25, 0.3) is 0 Å². The average molecular weight is 274 g/mol. The Morgan fingerprint density at radius 1 is 1.00 bits per heavy atom. The van der Waals surface area contributed by atoms with E-state index in [1.807, 2.05) is 0 Å². The molecule has 0 spiro atoms. The van der Waals surface area contributed by atoms with Crippen LogP contribution in [0.1, 0.15) is 0 Å². The quantitative estimate of drug-likeness (QED) is 0.491. The van der Waals surface area contributed by atoms with Gasteiger partial charge in [0.1, 0.15) is 0 Å². The predicted molar refractivity (Wildman–Crippen MR) is 31.2 cm³/mol. The van der Waals surface area contributed by atoms with Gasteiger partial charge in [0.05, 0.1) is 0 Å². The van der Waals surface area contributed by atoms with Gasteiger partial charge in [0.15, 0.2) is 0 Å². The second-order valence-corrected chi connectivity index (χ2v) is 17.6. The van der Waals surface area contributed by atoms with Crippen molar-refractivity contribution in [3.8, 4) is 0 Å². The molecule has 63 valence electrons. The van der Waals surface area contributed by atoms with Crippen molar-refractivity contribution in [2.45, 2.75) is 0 Å². The zero-order chi connectivity index (χ0) is 8.58. The normalized spacial score (nSPS) is 14.1. The summed E-state index contributed by atoms with van der Waals surface area (Å²) in [5.41, 5.74) is 0. The zero-order valence-electron chi connectivity index (χ0n) is 4.58. The van der Waals surface area contributed by atoms with Gasteiger partial charge in [-0.3, -0.25) is 0 Å². The molecule has 10 heavy (non-hydrogen) atoms. The first-order valence-electron chi connectivity index (χ1n) is 1.77. The molecule has 4 N–H and O–H groups in total. The van der Waals surface area contributed by atoms with Crippen molar-refractivity contribution in [1.82, 2.24) is 0 Å². The Bertz CT molecular complexity index is 208. The Morgan fingerprint density at radius 3 is 1.20 bits per heavy atom. The molecule has 0 heterocycles. The van der Waals surface area contributed by atoms with Gasteiger partial charge >= 0.3 is 60.4 Å². The van der Waals surface area contributed by atoms with Crippen molar-refractivity contribution in [1.29, 1.82) is 0 Å². The molecule has 0 aliphatic carbocycles.